The fourth-order valence-electron chi connectivity index (χ4n) is 3.78. The van der Waals surface area contributed by atoms with Gasteiger partial charge in [0.15, 0.2) is 0 Å². The number of fused-ring (bicyclic) bond motifs is 2. The molecule has 0 saturated heterocycles. The first kappa shape index (κ1) is 12.9. The van der Waals surface area contributed by atoms with Gasteiger partial charge < -0.3 is 10.5 Å². The van der Waals surface area contributed by atoms with Gasteiger partial charge in [-0.15, -0.1) is 0 Å². The molecule has 1 heterocycles. The Kier molecular flexibility index (Phi) is 3.19. The summed E-state index contributed by atoms with van der Waals surface area (Å²) in [6.07, 6.45) is 4.39. The molecule has 0 aromatic heterocycles. The van der Waals surface area contributed by atoms with Gasteiger partial charge in [0.2, 0.25) is 0 Å². The topological polar surface area (TPSA) is 35.2 Å². The minimum Gasteiger partial charge on any atom is -0.493 e. The highest BCUT2D eigenvalue weighted by Crippen LogP contribution is 2.39. The predicted octanol–water partition coefficient (Wildman–Crippen LogP) is 3.43. The van der Waals surface area contributed by atoms with Crippen LogP contribution in [0.4, 0.5) is 0 Å². The van der Waals surface area contributed by atoms with Gasteiger partial charge in [0.1, 0.15) is 5.75 Å². The van der Waals surface area contributed by atoms with E-state index in [4.69, 9.17) is 10.5 Å². The highest BCUT2D eigenvalue weighted by Gasteiger charge is 2.29. The molecular weight excluding hydrogens is 258 g/mol. The van der Waals surface area contributed by atoms with E-state index in [2.05, 4.69) is 42.5 Å². The second-order valence-electron chi connectivity index (χ2n) is 6.25. The summed E-state index contributed by atoms with van der Waals surface area (Å²) in [5, 5.41) is 0. The van der Waals surface area contributed by atoms with Crippen LogP contribution in [0.3, 0.4) is 0 Å². The summed E-state index contributed by atoms with van der Waals surface area (Å²) in [5.41, 5.74) is 12.1. The lowest BCUT2D eigenvalue weighted by molar-refractivity contribution is 0.279. The van der Waals surface area contributed by atoms with Crippen molar-refractivity contribution in [3.63, 3.8) is 0 Å². The maximum Gasteiger partial charge on any atom is 0.127 e. The van der Waals surface area contributed by atoms with E-state index in [-0.39, 0.29) is 6.04 Å². The van der Waals surface area contributed by atoms with Gasteiger partial charge in [0.05, 0.1) is 6.61 Å². The molecule has 1 aliphatic carbocycles. The maximum absolute atomic E-state index is 6.62. The van der Waals surface area contributed by atoms with E-state index >= 15 is 0 Å². The number of nitrogens with two attached hydrogens (primary N) is 1. The zero-order valence-corrected chi connectivity index (χ0v) is 12.2. The molecule has 2 aliphatic rings. The Labute approximate surface area is 125 Å². The van der Waals surface area contributed by atoms with Crippen LogP contribution < -0.4 is 10.5 Å². The predicted molar refractivity (Wildman–Crippen MR) is 84.5 cm³/mol. The SMILES string of the molecule is NC(c1cccc2c1OCCC2)C1Cc2ccccc2C1. The molecule has 0 radical (unpaired) electrons. The molecular formula is C19H21NO. The van der Waals surface area contributed by atoms with Crippen LogP contribution in [-0.2, 0) is 19.3 Å². The van der Waals surface area contributed by atoms with E-state index in [0.29, 0.717) is 5.92 Å². The first-order valence-corrected chi connectivity index (χ1v) is 7.90. The van der Waals surface area contributed by atoms with E-state index in [1.54, 1.807) is 0 Å². The third kappa shape index (κ3) is 2.24. The highest BCUT2D eigenvalue weighted by molar-refractivity contribution is 5.45. The van der Waals surface area contributed by atoms with Gasteiger partial charge in [-0.2, -0.15) is 0 Å². The van der Waals surface area contributed by atoms with Crippen LogP contribution >= 0.6 is 0 Å². The van der Waals surface area contributed by atoms with Crippen LogP contribution in [0, 0.1) is 5.92 Å². The summed E-state index contributed by atoms with van der Waals surface area (Å²) >= 11 is 0. The molecule has 2 nitrogen and oxygen atoms in total. The van der Waals surface area contributed by atoms with Gasteiger partial charge in [-0.25, -0.2) is 0 Å². The molecule has 4 rings (SSSR count). The Balaban J connectivity index is 1.63. The second kappa shape index (κ2) is 5.19. The van der Waals surface area contributed by atoms with Crippen molar-refractivity contribution in [2.24, 2.45) is 11.7 Å². The molecule has 2 N–H and O–H groups in total. The third-order valence-corrected chi connectivity index (χ3v) is 4.91. The highest BCUT2D eigenvalue weighted by atomic mass is 16.5. The Morgan fingerprint density at radius 1 is 0.952 bits per heavy atom. The molecule has 0 saturated carbocycles. The standard InChI is InChI=1S/C19H21NO/c20-18(16-11-14-5-1-2-6-15(14)12-16)17-9-3-7-13-8-4-10-21-19(13)17/h1-3,5-7,9,16,18H,4,8,10-12,20H2. The molecule has 2 heteroatoms. The molecule has 21 heavy (non-hydrogen) atoms. The van der Waals surface area contributed by atoms with E-state index in [9.17, 15) is 0 Å². The van der Waals surface area contributed by atoms with Gasteiger partial charge in [0.25, 0.3) is 0 Å². The van der Waals surface area contributed by atoms with Crippen molar-refractivity contribution in [2.75, 3.05) is 6.61 Å². The largest absolute Gasteiger partial charge is 0.493 e. The smallest absolute Gasteiger partial charge is 0.127 e. The monoisotopic (exact) mass is 279 g/mol. The average Bonchev–Trinajstić information content (AvgIpc) is 2.97. The van der Waals surface area contributed by atoms with Gasteiger partial charge in [-0.3, -0.25) is 0 Å². The van der Waals surface area contributed by atoms with Crippen LogP contribution in [0.2, 0.25) is 0 Å². The second-order valence-corrected chi connectivity index (χ2v) is 6.25. The van der Waals surface area contributed by atoms with Crippen LogP contribution in [0.5, 0.6) is 5.75 Å². The molecule has 1 unspecified atom stereocenters. The number of hydrogen-bond donors (Lipinski definition) is 1. The van der Waals surface area contributed by atoms with Gasteiger partial charge in [0, 0.05) is 11.6 Å². The van der Waals surface area contributed by atoms with Crippen molar-refractivity contribution in [2.45, 2.75) is 31.7 Å². The molecule has 0 bridgehead atoms. The van der Waals surface area contributed by atoms with Crippen LogP contribution in [0.25, 0.3) is 0 Å². The molecule has 2 aromatic carbocycles. The van der Waals surface area contributed by atoms with E-state index in [1.807, 2.05) is 0 Å². The van der Waals surface area contributed by atoms with Crippen molar-refractivity contribution < 1.29 is 4.74 Å². The Morgan fingerprint density at radius 3 is 2.43 bits per heavy atom. The summed E-state index contributed by atoms with van der Waals surface area (Å²) in [6.45, 7) is 0.821. The maximum atomic E-state index is 6.62. The lowest BCUT2D eigenvalue weighted by atomic mass is 9.88. The van der Waals surface area contributed by atoms with Crippen molar-refractivity contribution in [1.82, 2.24) is 0 Å². The Morgan fingerprint density at radius 2 is 1.67 bits per heavy atom. The minimum absolute atomic E-state index is 0.0606. The zero-order valence-electron chi connectivity index (χ0n) is 12.2. The quantitative estimate of drug-likeness (QED) is 0.914. The molecule has 0 fully saturated rings. The molecule has 1 atom stereocenters. The molecule has 2 aromatic rings. The van der Waals surface area contributed by atoms with Crippen molar-refractivity contribution >= 4 is 0 Å². The summed E-state index contributed by atoms with van der Waals surface area (Å²) in [6, 6.07) is 15.2. The summed E-state index contributed by atoms with van der Waals surface area (Å²) in [4.78, 5) is 0. The number of ether oxygens (including phenoxy) is 1. The van der Waals surface area contributed by atoms with Gasteiger partial charge in [-0.1, -0.05) is 42.5 Å². The van der Waals surface area contributed by atoms with Crippen LogP contribution in [0.15, 0.2) is 42.5 Å². The van der Waals surface area contributed by atoms with E-state index < -0.39 is 0 Å². The third-order valence-electron chi connectivity index (χ3n) is 4.91. The first-order chi connectivity index (χ1) is 10.3. The molecule has 0 spiro atoms. The van der Waals surface area contributed by atoms with Crippen molar-refractivity contribution in [1.29, 1.82) is 0 Å². The summed E-state index contributed by atoms with van der Waals surface area (Å²) in [7, 11) is 0. The van der Waals surface area contributed by atoms with Crippen LogP contribution in [0.1, 0.15) is 34.7 Å². The lowest BCUT2D eigenvalue weighted by Gasteiger charge is -2.26. The summed E-state index contributed by atoms with van der Waals surface area (Å²) < 4.78 is 5.93. The number of benzene rings is 2. The van der Waals surface area contributed by atoms with Gasteiger partial charge in [-0.05, 0) is 48.3 Å². The number of aryl methyl sites for hydroxylation is 1. The van der Waals surface area contributed by atoms with E-state index in [0.717, 1.165) is 38.0 Å². The first-order valence-electron chi connectivity index (χ1n) is 7.90. The normalized spacial score (nSPS) is 18.7. The van der Waals surface area contributed by atoms with Crippen LogP contribution in [-0.4, -0.2) is 6.61 Å². The molecule has 0 amide bonds. The number of para-hydroxylation sites is 1. The molecule has 108 valence electrons. The van der Waals surface area contributed by atoms with Crippen molar-refractivity contribution in [3.05, 3.63) is 64.7 Å². The average molecular weight is 279 g/mol. The minimum atomic E-state index is 0.0606. The van der Waals surface area contributed by atoms with Crippen molar-refractivity contribution in [3.8, 4) is 5.75 Å². The molecule has 1 aliphatic heterocycles. The van der Waals surface area contributed by atoms with E-state index in [1.165, 1.54) is 22.3 Å². The lowest BCUT2D eigenvalue weighted by Crippen LogP contribution is -2.24. The zero-order chi connectivity index (χ0) is 14.2. The fraction of sp³-hybridized carbons (Fsp3) is 0.368. The number of hydrogen-bond acceptors (Lipinski definition) is 2. The summed E-state index contributed by atoms with van der Waals surface area (Å²) in [5.74, 6) is 1.55. The Hall–Kier alpha value is -1.80. The number of rotatable bonds is 2. The van der Waals surface area contributed by atoms with Gasteiger partial charge >= 0.3 is 0 Å². The fourth-order valence-corrected chi connectivity index (χ4v) is 3.78. The Bertz CT molecular complexity index is 639.